The van der Waals surface area contributed by atoms with Crippen molar-refractivity contribution in [3.05, 3.63) is 33.4 Å². The highest BCUT2D eigenvalue weighted by Crippen LogP contribution is 2.46. The molecule has 4 rings (SSSR count). The Bertz CT molecular complexity index is 1200. The highest BCUT2D eigenvalue weighted by atomic mass is 32.1. The van der Waals surface area contributed by atoms with E-state index in [4.69, 9.17) is 10.5 Å². The van der Waals surface area contributed by atoms with Gasteiger partial charge in [0.25, 0.3) is 11.8 Å². The van der Waals surface area contributed by atoms with E-state index in [-0.39, 0.29) is 41.0 Å². The number of likely N-dealkylation sites (tertiary alicyclic amines) is 1. The minimum Gasteiger partial charge on any atom is -0.489 e. The number of benzene rings is 1. The summed E-state index contributed by atoms with van der Waals surface area (Å²) in [5.74, 6) is 2.87. The number of fused-ring (bicyclic) bond motifs is 3. The summed E-state index contributed by atoms with van der Waals surface area (Å²) in [5, 5.41) is 21.8. The van der Waals surface area contributed by atoms with Crippen molar-refractivity contribution in [2.24, 2.45) is 11.7 Å². The number of rotatable bonds is 2. The molecule has 2 aliphatic heterocycles. The van der Waals surface area contributed by atoms with Crippen molar-refractivity contribution in [2.75, 3.05) is 20.2 Å². The highest BCUT2D eigenvalue weighted by Gasteiger charge is 2.43. The lowest BCUT2D eigenvalue weighted by atomic mass is 9.88. The lowest BCUT2D eigenvalue weighted by Gasteiger charge is -2.29. The van der Waals surface area contributed by atoms with E-state index in [0.717, 1.165) is 17.4 Å². The van der Waals surface area contributed by atoms with E-state index in [9.17, 15) is 24.2 Å². The molecule has 1 fully saturated rings. The van der Waals surface area contributed by atoms with E-state index < -0.39 is 28.8 Å². The second-order valence-electron chi connectivity index (χ2n) is 8.34. The largest absolute Gasteiger partial charge is 0.489 e. The SMILES string of the molecule is CC(C)[C@@]1(O)COc2cc(F)c(C#C[C@]3(O)CCN(C)C3=O)cc2-c2nc(C(N)=O)sc21. The van der Waals surface area contributed by atoms with Crippen molar-refractivity contribution in [1.29, 1.82) is 0 Å². The topological polar surface area (TPSA) is 126 Å². The fourth-order valence-electron chi connectivity index (χ4n) is 3.68. The van der Waals surface area contributed by atoms with Crippen LogP contribution < -0.4 is 10.5 Å². The molecule has 1 aromatic carbocycles. The Morgan fingerprint density at radius 1 is 1.41 bits per heavy atom. The van der Waals surface area contributed by atoms with Gasteiger partial charge in [-0.15, -0.1) is 11.3 Å². The molecule has 10 heteroatoms. The zero-order chi connectivity index (χ0) is 23.4. The Labute approximate surface area is 187 Å². The van der Waals surface area contributed by atoms with Crippen LogP contribution in [0, 0.1) is 23.6 Å². The van der Waals surface area contributed by atoms with Gasteiger partial charge in [0.2, 0.25) is 5.60 Å². The van der Waals surface area contributed by atoms with Crippen LogP contribution in [0.2, 0.25) is 0 Å². The predicted octanol–water partition coefficient (Wildman–Crippen LogP) is 1.23. The number of hydrogen-bond acceptors (Lipinski definition) is 7. The van der Waals surface area contributed by atoms with Crippen LogP contribution in [0.15, 0.2) is 12.1 Å². The van der Waals surface area contributed by atoms with Gasteiger partial charge in [-0.3, -0.25) is 9.59 Å². The zero-order valence-electron chi connectivity index (χ0n) is 17.7. The zero-order valence-corrected chi connectivity index (χ0v) is 18.5. The van der Waals surface area contributed by atoms with E-state index in [2.05, 4.69) is 16.8 Å². The van der Waals surface area contributed by atoms with Gasteiger partial charge in [0.1, 0.15) is 23.8 Å². The molecule has 2 amide bonds. The number of nitrogens with two attached hydrogens (primary N) is 1. The summed E-state index contributed by atoms with van der Waals surface area (Å²) >= 11 is 0.964. The molecule has 2 atom stereocenters. The number of carbonyl (C=O) groups is 2. The molecule has 0 bridgehead atoms. The van der Waals surface area contributed by atoms with Crippen LogP contribution in [0.25, 0.3) is 11.3 Å². The first kappa shape index (κ1) is 22.2. The Morgan fingerprint density at radius 3 is 2.72 bits per heavy atom. The Hall–Kier alpha value is -3.00. The molecule has 1 saturated heterocycles. The fourth-order valence-corrected chi connectivity index (χ4v) is 4.83. The summed E-state index contributed by atoms with van der Waals surface area (Å²) in [6.45, 7) is 3.76. The van der Waals surface area contributed by atoms with Crippen molar-refractivity contribution in [3.63, 3.8) is 0 Å². The number of aliphatic hydroxyl groups is 2. The van der Waals surface area contributed by atoms with Gasteiger partial charge in [0.05, 0.1) is 16.1 Å². The van der Waals surface area contributed by atoms with Gasteiger partial charge in [-0.2, -0.15) is 0 Å². The van der Waals surface area contributed by atoms with Gasteiger partial charge in [-0.25, -0.2) is 9.37 Å². The molecule has 8 nitrogen and oxygen atoms in total. The summed E-state index contributed by atoms with van der Waals surface area (Å²) in [7, 11) is 1.55. The number of hydrogen-bond donors (Lipinski definition) is 3. The molecule has 168 valence electrons. The standard InChI is InChI=1S/C22H22FN3O5S/c1-11(2)22(30)10-31-15-9-14(23)12(4-5-21(29)6-7-26(3)20(21)28)8-13(15)16-17(22)32-19(25-16)18(24)27/h8-9,11,29-30H,6-7,10H2,1-3H3,(H2,24,27)/t21-,22-/m0/s1. The highest BCUT2D eigenvalue weighted by molar-refractivity contribution is 7.14. The first-order valence-electron chi connectivity index (χ1n) is 9.97. The van der Waals surface area contributed by atoms with Crippen molar-refractivity contribution >= 4 is 23.2 Å². The third-order valence-corrected chi connectivity index (χ3v) is 7.11. The normalized spacial score (nSPS) is 24.3. The van der Waals surface area contributed by atoms with E-state index >= 15 is 0 Å². The Kier molecular flexibility index (Phi) is 5.24. The number of ether oxygens (including phenoxy) is 1. The van der Waals surface area contributed by atoms with Crippen molar-refractivity contribution < 1.29 is 28.9 Å². The van der Waals surface area contributed by atoms with Crippen LogP contribution in [-0.4, -0.2) is 57.7 Å². The van der Waals surface area contributed by atoms with Crippen LogP contribution in [0.4, 0.5) is 4.39 Å². The molecule has 0 aliphatic carbocycles. The number of carbonyl (C=O) groups excluding carboxylic acids is 2. The monoisotopic (exact) mass is 459 g/mol. The van der Waals surface area contributed by atoms with Gasteiger partial charge in [0, 0.05) is 31.6 Å². The first-order valence-corrected chi connectivity index (χ1v) is 10.8. The van der Waals surface area contributed by atoms with E-state index in [1.165, 1.54) is 11.0 Å². The third-order valence-electron chi connectivity index (χ3n) is 5.87. The lowest BCUT2D eigenvalue weighted by molar-refractivity contribution is -0.137. The fraction of sp³-hybridized carbons (Fsp3) is 0.409. The van der Waals surface area contributed by atoms with Crippen LogP contribution in [0.1, 0.15) is 40.5 Å². The molecular formula is C22H22FN3O5S. The minimum absolute atomic E-state index is 0.00721. The Balaban J connectivity index is 1.87. The maximum Gasteiger partial charge on any atom is 0.277 e. The first-order chi connectivity index (χ1) is 15.0. The second-order valence-corrected chi connectivity index (χ2v) is 9.34. The maximum atomic E-state index is 14.8. The van der Waals surface area contributed by atoms with E-state index in [1.807, 2.05) is 0 Å². The number of thiazole rings is 1. The van der Waals surface area contributed by atoms with E-state index in [0.29, 0.717) is 17.0 Å². The molecule has 0 radical (unpaired) electrons. The molecule has 2 aliphatic rings. The molecule has 4 N–H and O–H groups in total. The van der Waals surface area contributed by atoms with Crippen LogP contribution >= 0.6 is 11.3 Å². The van der Waals surface area contributed by atoms with Gasteiger partial charge < -0.3 is 25.6 Å². The molecule has 32 heavy (non-hydrogen) atoms. The summed E-state index contributed by atoms with van der Waals surface area (Å²) in [6.07, 6.45) is 0.116. The molecule has 1 aromatic heterocycles. The van der Waals surface area contributed by atoms with Crippen LogP contribution in [-0.2, 0) is 10.4 Å². The quantitative estimate of drug-likeness (QED) is 0.580. The number of aromatic nitrogens is 1. The predicted molar refractivity (Wildman–Crippen MR) is 114 cm³/mol. The second kappa shape index (κ2) is 7.55. The Morgan fingerprint density at radius 2 is 2.12 bits per heavy atom. The number of primary amides is 1. The van der Waals surface area contributed by atoms with Crippen LogP contribution in [0.3, 0.4) is 0 Å². The van der Waals surface area contributed by atoms with Crippen molar-refractivity contribution in [3.8, 4) is 28.8 Å². The number of likely N-dealkylation sites (N-methyl/N-ethyl adjacent to an activating group) is 1. The molecule has 2 aromatic rings. The maximum absolute atomic E-state index is 14.8. The third kappa shape index (κ3) is 3.43. The lowest BCUT2D eigenvalue weighted by Crippen LogP contribution is -2.37. The summed E-state index contributed by atoms with van der Waals surface area (Å²) in [5.41, 5.74) is 2.55. The summed E-state index contributed by atoms with van der Waals surface area (Å²) < 4.78 is 20.6. The van der Waals surface area contributed by atoms with Gasteiger partial charge >= 0.3 is 0 Å². The smallest absolute Gasteiger partial charge is 0.277 e. The minimum atomic E-state index is -1.88. The average Bonchev–Trinajstić information content (AvgIpc) is 3.26. The summed E-state index contributed by atoms with van der Waals surface area (Å²) in [4.78, 5) is 30.0. The molecular weight excluding hydrogens is 437 g/mol. The molecule has 3 heterocycles. The van der Waals surface area contributed by atoms with Crippen LogP contribution in [0.5, 0.6) is 5.75 Å². The van der Waals surface area contributed by atoms with E-state index in [1.54, 1.807) is 20.9 Å². The summed E-state index contributed by atoms with van der Waals surface area (Å²) in [6, 6.07) is 2.49. The number of amides is 2. The van der Waals surface area contributed by atoms with Crippen molar-refractivity contribution in [1.82, 2.24) is 9.88 Å². The van der Waals surface area contributed by atoms with Gasteiger partial charge in [-0.1, -0.05) is 25.7 Å². The van der Waals surface area contributed by atoms with Crippen molar-refractivity contribution in [2.45, 2.75) is 31.5 Å². The average molecular weight is 459 g/mol. The van der Waals surface area contributed by atoms with Gasteiger partial charge in [-0.05, 0) is 12.0 Å². The number of halogens is 1. The van der Waals surface area contributed by atoms with Gasteiger partial charge in [0.15, 0.2) is 5.01 Å². The molecule has 0 unspecified atom stereocenters. The molecule has 0 spiro atoms. The molecule has 0 saturated carbocycles. The number of nitrogens with zero attached hydrogens (tertiary/aromatic N) is 2.